The number of hydrogen-bond donors (Lipinski definition) is 3. The Morgan fingerprint density at radius 2 is 2.25 bits per heavy atom. The maximum absolute atomic E-state index is 12.2. The lowest BCUT2D eigenvalue weighted by atomic mass is 10.1. The van der Waals surface area contributed by atoms with Crippen LogP contribution in [0.4, 0.5) is 0 Å². The molecule has 1 unspecified atom stereocenters. The van der Waals surface area contributed by atoms with Crippen molar-refractivity contribution in [3.63, 3.8) is 0 Å². The molecule has 0 saturated carbocycles. The molecule has 1 aliphatic heterocycles. The summed E-state index contributed by atoms with van der Waals surface area (Å²) in [6, 6.07) is -1.57. The zero-order valence-corrected chi connectivity index (χ0v) is 19.8. The fourth-order valence-electron chi connectivity index (χ4n) is 3.25. The van der Waals surface area contributed by atoms with Crippen LogP contribution < -0.4 is 16.3 Å². The molecule has 1 aliphatic rings. The highest BCUT2D eigenvalue weighted by molar-refractivity contribution is 8.08. The van der Waals surface area contributed by atoms with E-state index in [9.17, 15) is 19.3 Å². The normalized spacial score (nSPS) is 23.4. The van der Waals surface area contributed by atoms with E-state index < -0.39 is 48.3 Å². The monoisotopic (exact) mass is 490 g/mol. The average molecular weight is 490 g/mol. The van der Waals surface area contributed by atoms with Crippen LogP contribution in [0.15, 0.2) is 20.9 Å². The molecule has 178 valence electrons. The molecule has 32 heavy (non-hydrogen) atoms. The number of rotatable bonds is 10. The van der Waals surface area contributed by atoms with Crippen LogP contribution in [0.2, 0.25) is 0 Å². The molecule has 13 nitrogen and oxygen atoms in total. The zero-order chi connectivity index (χ0) is 24.1. The van der Waals surface area contributed by atoms with Gasteiger partial charge in [0.1, 0.15) is 12.3 Å². The number of aromatic amines is 1. The molecule has 1 aromatic rings. The molecule has 0 spiro atoms. The van der Waals surface area contributed by atoms with Crippen molar-refractivity contribution >= 4 is 24.4 Å². The number of H-pyrrole nitrogens is 1. The van der Waals surface area contributed by atoms with E-state index in [0.717, 1.165) is 0 Å². The van der Waals surface area contributed by atoms with Gasteiger partial charge in [-0.05, 0) is 36.6 Å². The molecule has 3 N–H and O–H groups in total. The Kier molecular flexibility index (Phi) is 9.17. The number of ether oxygens (including phenoxy) is 2. The summed E-state index contributed by atoms with van der Waals surface area (Å²) in [6.45, 7) is 1.45. The molecular weight excluding hydrogens is 463 g/mol. The van der Waals surface area contributed by atoms with Gasteiger partial charge in [0.25, 0.3) is 12.2 Å². The van der Waals surface area contributed by atoms with E-state index in [4.69, 9.17) is 31.3 Å². The summed E-state index contributed by atoms with van der Waals surface area (Å²) in [5, 5.41) is 6.33. The Morgan fingerprint density at radius 3 is 2.84 bits per heavy atom. The van der Waals surface area contributed by atoms with Gasteiger partial charge in [-0.25, -0.2) is 9.88 Å². The van der Waals surface area contributed by atoms with Crippen molar-refractivity contribution in [2.45, 2.75) is 58.0 Å². The Labute approximate surface area is 188 Å². The second-order valence-corrected chi connectivity index (χ2v) is 10.8. The number of aryl methyl sites for hydroxylation is 1. The van der Waals surface area contributed by atoms with Crippen molar-refractivity contribution in [3.8, 4) is 0 Å². The first-order valence-corrected chi connectivity index (χ1v) is 12.5. The Bertz CT molecular complexity index is 1040. The van der Waals surface area contributed by atoms with Crippen molar-refractivity contribution in [2.24, 2.45) is 11.0 Å². The van der Waals surface area contributed by atoms with Crippen LogP contribution in [0.5, 0.6) is 0 Å². The Hall–Kier alpha value is -2.05. The summed E-state index contributed by atoms with van der Waals surface area (Å²) in [7, 11) is 1.23. The average Bonchev–Trinajstić information content (AvgIpc) is 3.10. The third-order valence-corrected chi connectivity index (χ3v) is 6.56. The summed E-state index contributed by atoms with van der Waals surface area (Å²) in [4.78, 5) is 51.3. The number of esters is 1. The van der Waals surface area contributed by atoms with E-state index in [0.29, 0.717) is 12.0 Å². The summed E-state index contributed by atoms with van der Waals surface area (Å²) >= 11 is 5.12. The van der Waals surface area contributed by atoms with Crippen molar-refractivity contribution in [2.75, 3.05) is 13.7 Å². The fourth-order valence-corrected chi connectivity index (χ4v) is 4.84. The number of hydrogen-bond acceptors (Lipinski definition) is 8. The molecule has 0 bridgehead atoms. The minimum absolute atomic E-state index is 0.119. The van der Waals surface area contributed by atoms with Gasteiger partial charge in [-0.1, -0.05) is 19.0 Å². The lowest BCUT2D eigenvalue weighted by Crippen LogP contribution is -2.37. The second-order valence-electron chi connectivity index (χ2n) is 7.77. The van der Waals surface area contributed by atoms with Crippen molar-refractivity contribution in [1.82, 2.24) is 14.6 Å². The van der Waals surface area contributed by atoms with E-state index in [1.54, 1.807) is 0 Å². The molecule has 0 aliphatic carbocycles. The van der Waals surface area contributed by atoms with Crippen LogP contribution >= 0.6 is 6.64 Å². The zero-order valence-electron chi connectivity index (χ0n) is 18.1. The van der Waals surface area contributed by atoms with E-state index in [-0.39, 0.29) is 18.9 Å². The van der Waals surface area contributed by atoms with Crippen LogP contribution in [0.1, 0.15) is 38.5 Å². The standard InChI is InChI=1S/C17H27N6O7PS/c1-9(2)5-12(16(25)28-4)21-31(27,32)29-8-13-11(20-22-18)6-14(30-13)23-7-10(3)15(24)19-17(23)26/h7,9,11-14H,5-6,8H2,1-4H3,(H,19,24,26)(H2,21,27,32)/t11-,12-,13+,14+,31?/m0/s1. The van der Waals surface area contributed by atoms with E-state index in [1.165, 1.54) is 24.8 Å². The lowest BCUT2D eigenvalue weighted by molar-refractivity contribution is -0.143. The molecule has 0 amide bonds. The molecule has 2 heterocycles. The number of methoxy groups -OCH3 is 1. The maximum atomic E-state index is 12.2. The molecule has 0 aromatic carbocycles. The molecule has 1 saturated heterocycles. The minimum Gasteiger partial charge on any atom is -0.468 e. The van der Waals surface area contributed by atoms with Gasteiger partial charge in [-0.15, -0.1) is 0 Å². The molecule has 5 atom stereocenters. The Balaban J connectivity index is 2.13. The van der Waals surface area contributed by atoms with Crippen molar-refractivity contribution in [1.29, 1.82) is 0 Å². The predicted molar refractivity (Wildman–Crippen MR) is 118 cm³/mol. The third-order valence-electron chi connectivity index (χ3n) is 4.79. The summed E-state index contributed by atoms with van der Waals surface area (Å²) < 4.78 is 17.2. The Morgan fingerprint density at radius 1 is 1.56 bits per heavy atom. The molecular formula is C17H27N6O7PS. The van der Waals surface area contributed by atoms with E-state index >= 15 is 0 Å². The first-order chi connectivity index (χ1) is 15.0. The summed E-state index contributed by atoms with van der Waals surface area (Å²) in [6.07, 6.45) is 0.215. The SMILES string of the molecule is COC(=O)[C@H](CC(C)C)NP(O)(=S)OC[C@H]1O[C@@H](n2cc(C)c(=O)[nH]c2=O)C[C@@H]1N=[N+]=[N-]. The summed E-state index contributed by atoms with van der Waals surface area (Å²) in [5.41, 5.74) is 8.00. The number of nitrogens with zero attached hydrogens (tertiary/aromatic N) is 4. The van der Waals surface area contributed by atoms with E-state index in [2.05, 4.69) is 20.1 Å². The van der Waals surface area contributed by atoms with Crippen molar-refractivity contribution < 1.29 is 23.7 Å². The van der Waals surface area contributed by atoms with Gasteiger partial charge < -0.3 is 18.9 Å². The first-order valence-electron chi connectivity index (χ1n) is 9.82. The largest absolute Gasteiger partial charge is 0.468 e. The highest BCUT2D eigenvalue weighted by Gasteiger charge is 2.38. The third kappa shape index (κ3) is 6.97. The predicted octanol–water partition coefficient (Wildman–Crippen LogP) is 1.22. The van der Waals surface area contributed by atoms with Gasteiger partial charge in [0.15, 0.2) is 0 Å². The molecule has 15 heteroatoms. The molecule has 2 rings (SSSR count). The first kappa shape index (κ1) is 26.2. The van der Waals surface area contributed by atoms with E-state index in [1.807, 2.05) is 13.8 Å². The number of aromatic nitrogens is 2. The van der Waals surface area contributed by atoms with Crippen LogP contribution in [0.3, 0.4) is 0 Å². The van der Waals surface area contributed by atoms with Gasteiger partial charge in [-0.2, -0.15) is 0 Å². The molecule has 1 fully saturated rings. The molecule has 0 radical (unpaired) electrons. The fraction of sp³-hybridized carbons (Fsp3) is 0.706. The quantitative estimate of drug-likeness (QED) is 0.143. The van der Waals surface area contributed by atoms with Gasteiger partial charge in [0.05, 0.1) is 25.9 Å². The van der Waals surface area contributed by atoms with Crippen LogP contribution in [0, 0.1) is 12.8 Å². The van der Waals surface area contributed by atoms with Gasteiger partial charge in [0, 0.05) is 23.1 Å². The number of azide groups is 1. The summed E-state index contributed by atoms with van der Waals surface area (Å²) in [5.74, 6) is -0.462. The number of carbonyl (C=O) groups is 1. The van der Waals surface area contributed by atoms with Crippen LogP contribution in [-0.4, -0.2) is 52.3 Å². The minimum atomic E-state index is -3.63. The topological polar surface area (TPSA) is 181 Å². The maximum Gasteiger partial charge on any atom is 0.330 e. The van der Waals surface area contributed by atoms with Crippen LogP contribution in [-0.2, 0) is 30.6 Å². The van der Waals surface area contributed by atoms with Gasteiger partial charge in [0.2, 0.25) is 0 Å². The van der Waals surface area contributed by atoms with Crippen LogP contribution in [0.25, 0.3) is 10.4 Å². The number of carbonyl (C=O) groups excluding carboxylic acids is 1. The highest BCUT2D eigenvalue weighted by Crippen LogP contribution is 2.41. The smallest absolute Gasteiger partial charge is 0.330 e. The van der Waals surface area contributed by atoms with Gasteiger partial charge in [-0.3, -0.25) is 19.1 Å². The lowest BCUT2D eigenvalue weighted by Gasteiger charge is -2.25. The van der Waals surface area contributed by atoms with Gasteiger partial charge >= 0.3 is 11.7 Å². The van der Waals surface area contributed by atoms with Crippen molar-refractivity contribution in [3.05, 3.63) is 43.0 Å². The second kappa shape index (κ2) is 11.2. The number of nitrogens with one attached hydrogen (secondary N) is 2. The highest BCUT2D eigenvalue weighted by atomic mass is 32.5. The molecule has 1 aromatic heterocycles.